The lowest BCUT2D eigenvalue weighted by atomic mass is 10.0. The third-order valence-electron chi connectivity index (χ3n) is 3.77. The Labute approximate surface area is 128 Å². The number of hydrogen-bond donors (Lipinski definition) is 1. The lowest BCUT2D eigenvalue weighted by Gasteiger charge is -2.35. The number of carbonyl (C=O) groups is 1. The van der Waals surface area contributed by atoms with Gasteiger partial charge in [0.1, 0.15) is 11.9 Å². The number of ether oxygens (including phenoxy) is 1. The first-order chi connectivity index (χ1) is 10.0. The average molecular weight is 316 g/mol. The van der Waals surface area contributed by atoms with Gasteiger partial charge in [0.05, 0.1) is 11.1 Å². The second kappa shape index (κ2) is 7.09. The zero-order chi connectivity index (χ0) is 15.4. The molecule has 2 unspecified atom stereocenters. The van der Waals surface area contributed by atoms with Crippen molar-refractivity contribution in [2.24, 2.45) is 0 Å². The fourth-order valence-corrected chi connectivity index (χ4v) is 2.59. The molecule has 116 valence electrons. The molecular formula is C15H19ClFNO3. The predicted octanol–water partition coefficient (Wildman–Crippen LogP) is 3.52. The van der Waals surface area contributed by atoms with Crippen LogP contribution in [0.25, 0.3) is 0 Å². The maximum absolute atomic E-state index is 13.5. The molecular weight excluding hydrogens is 297 g/mol. The van der Waals surface area contributed by atoms with Gasteiger partial charge in [-0.3, -0.25) is 0 Å². The number of aliphatic hydroxyl groups is 1. The molecule has 2 atom stereocenters. The standard InChI is InChI=1S/C15H19ClFNO3/c1-10(11-4-5-13(16)14(17)9-11)18-7-6-12(3-2-8-19)21-15(18)20/h4-5,9-10,12,19H,2-3,6-8H2,1H3. The Morgan fingerprint density at radius 3 is 2.95 bits per heavy atom. The van der Waals surface area contributed by atoms with Gasteiger partial charge in [0.15, 0.2) is 0 Å². The van der Waals surface area contributed by atoms with Crippen LogP contribution in [0.2, 0.25) is 5.02 Å². The Bertz CT molecular complexity index is 512. The minimum atomic E-state index is -0.493. The van der Waals surface area contributed by atoms with Crippen LogP contribution in [0.3, 0.4) is 0 Å². The molecule has 0 aromatic heterocycles. The number of halogens is 2. The Balaban J connectivity index is 2.01. The molecule has 1 aromatic rings. The molecule has 0 saturated carbocycles. The van der Waals surface area contributed by atoms with Gasteiger partial charge in [-0.15, -0.1) is 0 Å². The number of hydrogen-bond acceptors (Lipinski definition) is 3. The summed E-state index contributed by atoms with van der Waals surface area (Å²) in [6.07, 6.45) is 1.46. The molecule has 1 amide bonds. The normalized spacial score (nSPS) is 20.3. The summed E-state index contributed by atoms with van der Waals surface area (Å²) in [5.74, 6) is -0.493. The molecule has 1 aliphatic rings. The van der Waals surface area contributed by atoms with E-state index in [-0.39, 0.29) is 23.8 Å². The number of aliphatic hydroxyl groups excluding tert-OH is 1. The molecule has 1 aromatic carbocycles. The van der Waals surface area contributed by atoms with E-state index < -0.39 is 11.9 Å². The Kier molecular flexibility index (Phi) is 5.42. The molecule has 1 fully saturated rings. The fraction of sp³-hybridized carbons (Fsp3) is 0.533. The van der Waals surface area contributed by atoms with Crippen molar-refractivity contribution in [2.45, 2.75) is 38.3 Å². The highest BCUT2D eigenvalue weighted by Crippen LogP contribution is 2.28. The van der Waals surface area contributed by atoms with Crippen molar-refractivity contribution in [3.05, 3.63) is 34.6 Å². The summed E-state index contributed by atoms with van der Waals surface area (Å²) in [6, 6.07) is 4.27. The van der Waals surface area contributed by atoms with Gasteiger partial charge in [0.2, 0.25) is 0 Å². The quantitative estimate of drug-likeness (QED) is 0.904. The fourth-order valence-electron chi connectivity index (χ4n) is 2.47. The third kappa shape index (κ3) is 3.86. The van der Waals surface area contributed by atoms with Crippen molar-refractivity contribution < 1.29 is 19.0 Å². The Morgan fingerprint density at radius 1 is 1.57 bits per heavy atom. The van der Waals surface area contributed by atoms with Crippen LogP contribution in [0.15, 0.2) is 18.2 Å². The van der Waals surface area contributed by atoms with Crippen molar-refractivity contribution in [3.63, 3.8) is 0 Å². The maximum atomic E-state index is 13.5. The summed E-state index contributed by atoms with van der Waals surface area (Å²) >= 11 is 5.67. The van der Waals surface area contributed by atoms with E-state index in [0.29, 0.717) is 31.4 Å². The Morgan fingerprint density at radius 2 is 2.33 bits per heavy atom. The van der Waals surface area contributed by atoms with Crippen LogP contribution in [0, 0.1) is 5.82 Å². The van der Waals surface area contributed by atoms with E-state index in [1.165, 1.54) is 12.1 Å². The van der Waals surface area contributed by atoms with E-state index in [9.17, 15) is 9.18 Å². The van der Waals surface area contributed by atoms with E-state index >= 15 is 0 Å². The van der Waals surface area contributed by atoms with Crippen molar-refractivity contribution in [1.29, 1.82) is 0 Å². The van der Waals surface area contributed by atoms with Gasteiger partial charge in [0.25, 0.3) is 0 Å². The predicted molar refractivity (Wildman–Crippen MR) is 77.7 cm³/mol. The SMILES string of the molecule is CC(c1ccc(Cl)c(F)c1)N1CCC(CCCO)OC1=O. The summed E-state index contributed by atoms with van der Waals surface area (Å²) in [5, 5.41) is 8.87. The van der Waals surface area contributed by atoms with Crippen molar-refractivity contribution in [1.82, 2.24) is 4.90 Å². The number of carbonyl (C=O) groups excluding carboxylic acids is 1. The van der Waals surface area contributed by atoms with Crippen molar-refractivity contribution >= 4 is 17.7 Å². The van der Waals surface area contributed by atoms with Crippen LogP contribution in [0.5, 0.6) is 0 Å². The Hall–Kier alpha value is -1.33. The summed E-state index contributed by atoms with van der Waals surface area (Å²) in [6.45, 7) is 2.48. The van der Waals surface area contributed by atoms with E-state index in [1.807, 2.05) is 6.92 Å². The van der Waals surface area contributed by atoms with Gasteiger partial charge in [-0.05, 0) is 37.5 Å². The van der Waals surface area contributed by atoms with Crippen LogP contribution in [-0.4, -0.2) is 35.4 Å². The van der Waals surface area contributed by atoms with Crippen LogP contribution in [0.4, 0.5) is 9.18 Å². The molecule has 0 aliphatic carbocycles. The maximum Gasteiger partial charge on any atom is 0.410 e. The molecule has 2 rings (SSSR count). The molecule has 4 nitrogen and oxygen atoms in total. The molecule has 1 aliphatic heterocycles. The van der Waals surface area contributed by atoms with Crippen LogP contribution in [0.1, 0.15) is 37.8 Å². The van der Waals surface area contributed by atoms with Crippen LogP contribution in [-0.2, 0) is 4.74 Å². The van der Waals surface area contributed by atoms with Crippen molar-refractivity contribution in [2.75, 3.05) is 13.2 Å². The van der Waals surface area contributed by atoms with E-state index in [4.69, 9.17) is 21.4 Å². The van der Waals surface area contributed by atoms with Gasteiger partial charge < -0.3 is 14.7 Å². The second-order valence-electron chi connectivity index (χ2n) is 5.20. The number of amides is 1. The van der Waals surface area contributed by atoms with Gasteiger partial charge in [-0.1, -0.05) is 17.7 Å². The summed E-state index contributed by atoms with van der Waals surface area (Å²) in [7, 11) is 0. The number of nitrogens with zero attached hydrogens (tertiary/aromatic N) is 1. The summed E-state index contributed by atoms with van der Waals surface area (Å²) in [4.78, 5) is 13.6. The minimum absolute atomic E-state index is 0.0660. The van der Waals surface area contributed by atoms with E-state index in [0.717, 1.165) is 0 Å². The second-order valence-corrected chi connectivity index (χ2v) is 5.61. The first-order valence-electron chi connectivity index (χ1n) is 7.06. The lowest BCUT2D eigenvalue weighted by Crippen LogP contribution is -2.43. The molecule has 21 heavy (non-hydrogen) atoms. The van der Waals surface area contributed by atoms with Gasteiger partial charge in [-0.25, -0.2) is 9.18 Å². The molecule has 0 bridgehead atoms. The van der Waals surface area contributed by atoms with Crippen LogP contribution >= 0.6 is 11.6 Å². The molecule has 1 saturated heterocycles. The number of cyclic esters (lactones) is 1. The zero-order valence-electron chi connectivity index (χ0n) is 11.9. The summed E-state index contributed by atoms with van der Waals surface area (Å²) < 4.78 is 18.9. The topological polar surface area (TPSA) is 49.8 Å². The molecule has 6 heteroatoms. The van der Waals surface area contributed by atoms with Gasteiger partial charge in [0, 0.05) is 19.6 Å². The van der Waals surface area contributed by atoms with Gasteiger partial charge >= 0.3 is 6.09 Å². The average Bonchev–Trinajstić information content (AvgIpc) is 2.47. The van der Waals surface area contributed by atoms with E-state index in [2.05, 4.69) is 0 Å². The molecule has 1 N–H and O–H groups in total. The molecule has 0 radical (unpaired) electrons. The highest BCUT2D eigenvalue weighted by Gasteiger charge is 2.30. The number of rotatable bonds is 5. The minimum Gasteiger partial charge on any atom is -0.446 e. The zero-order valence-corrected chi connectivity index (χ0v) is 12.6. The first-order valence-corrected chi connectivity index (χ1v) is 7.43. The smallest absolute Gasteiger partial charge is 0.410 e. The molecule has 0 spiro atoms. The highest BCUT2D eigenvalue weighted by atomic mass is 35.5. The van der Waals surface area contributed by atoms with Gasteiger partial charge in [-0.2, -0.15) is 0 Å². The number of benzene rings is 1. The van der Waals surface area contributed by atoms with Crippen molar-refractivity contribution in [3.8, 4) is 0 Å². The lowest BCUT2D eigenvalue weighted by molar-refractivity contribution is 0.00756. The summed E-state index contributed by atoms with van der Waals surface area (Å²) in [5.41, 5.74) is 0.683. The monoisotopic (exact) mass is 315 g/mol. The van der Waals surface area contributed by atoms with E-state index in [1.54, 1.807) is 11.0 Å². The molecule has 1 heterocycles. The first kappa shape index (κ1) is 16.0. The highest BCUT2D eigenvalue weighted by molar-refractivity contribution is 6.30. The van der Waals surface area contributed by atoms with Crippen LogP contribution < -0.4 is 0 Å². The third-order valence-corrected chi connectivity index (χ3v) is 4.08. The largest absolute Gasteiger partial charge is 0.446 e.